The molecule has 0 radical (unpaired) electrons. The van der Waals surface area contributed by atoms with Crippen LogP contribution in [0.2, 0.25) is 5.02 Å². The Bertz CT molecular complexity index is 1380. The Kier molecular flexibility index (Phi) is 11.0. The lowest BCUT2D eigenvalue weighted by molar-refractivity contribution is -0.140. The number of rotatable bonds is 13. The molecule has 10 heteroatoms. The van der Waals surface area contributed by atoms with Crippen LogP contribution in [0.1, 0.15) is 32.8 Å². The minimum absolute atomic E-state index is 0.00400. The Hall–Kier alpha value is -3.56. The zero-order valence-corrected chi connectivity index (χ0v) is 24.8. The van der Waals surface area contributed by atoms with Crippen LogP contribution in [-0.2, 0) is 26.2 Å². The molecule has 0 aliphatic rings. The maximum Gasteiger partial charge on any atom is 0.264 e. The minimum Gasteiger partial charge on any atom is -0.497 e. The second-order valence-electron chi connectivity index (χ2n) is 9.70. The number of carbonyl (C=O) groups is 2. The monoisotopic (exact) mass is 585 g/mol. The molecule has 2 amide bonds. The molecule has 8 nitrogen and oxygen atoms in total. The molecule has 40 heavy (non-hydrogen) atoms. The average molecular weight is 586 g/mol. The number of carbonyl (C=O) groups excluding carboxylic acids is 2. The van der Waals surface area contributed by atoms with Gasteiger partial charge in [-0.15, -0.1) is 0 Å². The molecule has 1 N–H and O–H groups in total. The molecule has 0 aromatic heterocycles. The highest BCUT2D eigenvalue weighted by molar-refractivity contribution is 7.92. The summed E-state index contributed by atoms with van der Waals surface area (Å²) in [5.74, 6) is -0.115. The Labute approximate surface area is 241 Å². The van der Waals surface area contributed by atoms with Crippen molar-refractivity contribution < 1.29 is 22.7 Å². The van der Waals surface area contributed by atoms with Crippen LogP contribution in [0.4, 0.5) is 5.69 Å². The molecule has 214 valence electrons. The zero-order chi connectivity index (χ0) is 29.3. The van der Waals surface area contributed by atoms with Crippen LogP contribution in [0.5, 0.6) is 5.75 Å². The highest BCUT2D eigenvalue weighted by atomic mass is 35.5. The van der Waals surface area contributed by atoms with Crippen LogP contribution in [0.15, 0.2) is 83.8 Å². The first kappa shape index (κ1) is 31.0. The minimum atomic E-state index is -4.16. The number of methoxy groups -OCH3 is 1. The fourth-order valence-electron chi connectivity index (χ4n) is 4.15. The van der Waals surface area contributed by atoms with E-state index in [1.165, 1.54) is 24.1 Å². The number of anilines is 1. The van der Waals surface area contributed by atoms with E-state index in [2.05, 4.69) is 5.32 Å². The molecule has 0 saturated carbocycles. The van der Waals surface area contributed by atoms with E-state index in [0.717, 1.165) is 4.31 Å². The molecule has 0 aliphatic heterocycles. The van der Waals surface area contributed by atoms with Gasteiger partial charge in [0.05, 0.1) is 17.7 Å². The second kappa shape index (κ2) is 14.2. The average Bonchev–Trinajstić information content (AvgIpc) is 2.95. The smallest absolute Gasteiger partial charge is 0.264 e. The molecule has 3 aromatic carbocycles. The fraction of sp³-hybridized carbons (Fsp3) is 0.333. The van der Waals surface area contributed by atoms with Crippen molar-refractivity contribution in [2.75, 3.05) is 24.5 Å². The molecule has 3 rings (SSSR count). The summed E-state index contributed by atoms with van der Waals surface area (Å²) in [5.41, 5.74) is 0.971. The molecule has 0 saturated heterocycles. The summed E-state index contributed by atoms with van der Waals surface area (Å²) in [6.45, 7) is 5.75. The topological polar surface area (TPSA) is 96.0 Å². The fourth-order valence-corrected chi connectivity index (χ4v) is 5.76. The number of amides is 2. The van der Waals surface area contributed by atoms with Crippen LogP contribution in [-0.4, -0.2) is 51.4 Å². The van der Waals surface area contributed by atoms with Crippen molar-refractivity contribution in [3.63, 3.8) is 0 Å². The molecule has 0 fully saturated rings. The van der Waals surface area contributed by atoms with Gasteiger partial charge in [-0.2, -0.15) is 0 Å². The molecule has 0 unspecified atom stereocenters. The molecule has 1 atom stereocenters. The van der Waals surface area contributed by atoms with E-state index >= 15 is 0 Å². The third kappa shape index (κ3) is 7.76. The van der Waals surface area contributed by atoms with Crippen LogP contribution in [0.25, 0.3) is 0 Å². The summed E-state index contributed by atoms with van der Waals surface area (Å²) in [6, 6.07) is 20.6. The van der Waals surface area contributed by atoms with E-state index in [1.54, 1.807) is 66.7 Å². The maximum absolute atomic E-state index is 14.0. The Morgan fingerprint density at radius 2 is 1.57 bits per heavy atom. The van der Waals surface area contributed by atoms with Crippen LogP contribution in [0.3, 0.4) is 0 Å². The summed E-state index contributed by atoms with van der Waals surface area (Å²) in [6.07, 6.45) is 0.330. The number of sulfonamides is 1. The second-order valence-corrected chi connectivity index (χ2v) is 12.0. The highest BCUT2D eigenvalue weighted by Gasteiger charge is 2.34. The number of ether oxygens (including phenoxy) is 1. The summed E-state index contributed by atoms with van der Waals surface area (Å²) < 4.78 is 34.0. The predicted octanol–water partition coefficient (Wildman–Crippen LogP) is 5.12. The molecule has 0 bridgehead atoms. The lowest BCUT2D eigenvalue weighted by Crippen LogP contribution is -2.52. The quantitative estimate of drug-likeness (QED) is 0.300. The Balaban J connectivity index is 2.03. The summed E-state index contributed by atoms with van der Waals surface area (Å²) in [5, 5.41) is 3.36. The number of nitrogens with one attached hydrogen (secondary N) is 1. The van der Waals surface area contributed by atoms with Gasteiger partial charge in [0.25, 0.3) is 10.0 Å². The first-order chi connectivity index (χ1) is 19.1. The Morgan fingerprint density at radius 1 is 0.950 bits per heavy atom. The largest absolute Gasteiger partial charge is 0.497 e. The van der Waals surface area contributed by atoms with Gasteiger partial charge in [0.1, 0.15) is 18.3 Å². The third-order valence-corrected chi connectivity index (χ3v) is 8.50. The van der Waals surface area contributed by atoms with Gasteiger partial charge in [0.2, 0.25) is 11.8 Å². The summed E-state index contributed by atoms with van der Waals surface area (Å²) in [7, 11) is -2.67. The lowest BCUT2D eigenvalue weighted by Gasteiger charge is -2.33. The van der Waals surface area contributed by atoms with Crippen molar-refractivity contribution in [3.05, 3.63) is 89.4 Å². The lowest BCUT2D eigenvalue weighted by atomic mass is 10.1. The number of hydrogen-bond acceptors (Lipinski definition) is 5. The van der Waals surface area contributed by atoms with Gasteiger partial charge in [-0.05, 0) is 60.4 Å². The van der Waals surface area contributed by atoms with Gasteiger partial charge in [-0.25, -0.2) is 8.42 Å². The van der Waals surface area contributed by atoms with Crippen LogP contribution < -0.4 is 14.4 Å². The number of nitrogens with zero attached hydrogens (tertiary/aromatic N) is 2. The van der Waals surface area contributed by atoms with Gasteiger partial charge in [-0.3, -0.25) is 13.9 Å². The van der Waals surface area contributed by atoms with E-state index < -0.39 is 28.5 Å². The van der Waals surface area contributed by atoms with Crippen LogP contribution in [0, 0.1) is 5.92 Å². The van der Waals surface area contributed by atoms with Crippen molar-refractivity contribution in [1.82, 2.24) is 10.2 Å². The van der Waals surface area contributed by atoms with Crippen molar-refractivity contribution in [1.29, 1.82) is 0 Å². The SMILES string of the molecule is CC[C@@H](C(=O)NCC(C)C)N(Cc1ccccc1Cl)C(=O)CN(c1ccccc1)S(=O)(=O)c1ccc(OC)cc1. The number of benzene rings is 3. The van der Waals surface area contributed by atoms with Gasteiger partial charge >= 0.3 is 0 Å². The van der Waals surface area contributed by atoms with Crippen LogP contribution >= 0.6 is 11.6 Å². The van der Waals surface area contributed by atoms with Gasteiger partial charge in [-0.1, -0.05) is 68.8 Å². The van der Waals surface area contributed by atoms with E-state index in [0.29, 0.717) is 35.0 Å². The number of halogens is 1. The van der Waals surface area contributed by atoms with Gasteiger partial charge < -0.3 is 15.0 Å². The van der Waals surface area contributed by atoms with Crippen molar-refractivity contribution in [3.8, 4) is 5.75 Å². The van der Waals surface area contributed by atoms with E-state index in [9.17, 15) is 18.0 Å². The highest BCUT2D eigenvalue weighted by Crippen LogP contribution is 2.26. The van der Waals surface area contributed by atoms with Crippen molar-refractivity contribution in [2.24, 2.45) is 5.92 Å². The van der Waals surface area contributed by atoms with E-state index in [1.807, 2.05) is 20.8 Å². The Morgan fingerprint density at radius 3 is 2.15 bits per heavy atom. The molecule has 0 heterocycles. The standard InChI is InChI=1S/C30H36ClN3O5S/c1-5-28(30(36)32-19-22(2)3)33(20-23-11-9-10-14-27(23)31)29(35)21-34(24-12-7-6-8-13-24)40(37,38)26-17-15-25(39-4)16-18-26/h6-18,22,28H,5,19-21H2,1-4H3,(H,32,36)/t28-/m0/s1. The first-order valence-electron chi connectivity index (χ1n) is 13.1. The maximum atomic E-state index is 14.0. The summed E-state index contributed by atoms with van der Waals surface area (Å²) in [4.78, 5) is 28.7. The number of para-hydroxylation sites is 1. The van der Waals surface area contributed by atoms with E-state index in [4.69, 9.17) is 16.3 Å². The van der Waals surface area contributed by atoms with Crippen molar-refractivity contribution in [2.45, 2.75) is 44.7 Å². The molecular weight excluding hydrogens is 550 g/mol. The first-order valence-corrected chi connectivity index (χ1v) is 14.9. The molecule has 3 aromatic rings. The summed E-state index contributed by atoms with van der Waals surface area (Å²) >= 11 is 6.43. The van der Waals surface area contributed by atoms with Gasteiger partial charge in [0, 0.05) is 18.1 Å². The molecular formula is C30H36ClN3O5S. The zero-order valence-electron chi connectivity index (χ0n) is 23.2. The third-order valence-electron chi connectivity index (χ3n) is 6.34. The molecule has 0 spiro atoms. The van der Waals surface area contributed by atoms with E-state index in [-0.39, 0.29) is 23.3 Å². The normalized spacial score (nSPS) is 12.1. The number of hydrogen-bond donors (Lipinski definition) is 1. The molecule has 0 aliphatic carbocycles. The van der Waals surface area contributed by atoms with Gasteiger partial charge in [0.15, 0.2) is 0 Å². The van der Waals surface area contributed by atoms with Crippen molar-refractivity contribution >= 4 is 39.1 Å². The predicted molar refractivity (Wildman–Crippen MR) is 158 cm³/mol.